The number of amides is 1. The Bertz CT molecular complexity index is 1340. The van der Waals surface area contributed by atoms with Crippen molar-refractivity contribution < 1.29 is 9.53 Å². The van der Waals surface area contributed by atoms with Crippen molar-refractivity contribution in [2.75, 3.05) is 39.8 Å². The molecule has 3 heterocycles. The van der Waals surface area contributed by atoms with Gasteiger partial charge < -0.3 is 9.64 Å². The molecule has 0 unspecified atom stereocenters. The lowest BCUT2D eigenvalue weighted by Crippen LogP contribution is -2.49. The van der Waals surface area contributed by atoms with Gasteiger partial charge >= 0.3 is 0 Å². The summed E-state index contributed by atoms with van der Waals surface area (Å²) < 4.78 is 7.16. The molecule has 0 radical (unpaired) electrons. The van der Waals surface area contributed by atoms with Crippen molar-refractivity contribution in [3.8, 4) is 5.75 Å². The highest BCUT2D eigenvalue weighted by Crippen LogP contribution is 2.23. The molecule has 0 aliphatic carbocycles. The van der Waals surface area contributed by atoms with E-state index in [0.717, 1.165) is 78.4 Å². The molecule has 4 aromatic rings. The second-order valence-corrected chi connectivity index (χ2v) is 9.33. The van der Waals surface area contributed by atoms with E-state index in [1.165, 1.54) is 5.56 Å². The Morgan fingerprint density at radius 1 is 0.971 bits per heavy atom. The van der Waals surface area contributed by atoms with Crippen LogP contribution in [-0.2, 0) is 17.6 Å². The monoisotopic (exact) mass is 471 g/mol. The van der Waals surface area contributed by atoms with E-state index in [1.54, 1.807) is 7.11 Å². The van der Waals surface area contributed by atoms with Gasteiger partial charge in [0.25, 0.3) is 0 Å². The normalized spacial score (nSPS) is 14.7. The van der Waals surface area contributed by atoms with Crippen LogP contribution in [0.2, 0.25) is 0 Å². The number of aromatic nitrogens is 3. The Balaban J connectivity index is 1.15. The smallest absolute Gasteiger partial charge is 0.222 e. The Labute approximate surface area is 206 Å². The predicted octanol–water partition coefficient (Wildman–Crippen LogP) is 3.83. The van der Waals surface area contributed by atoms with Gasteiger partial charge in [-0.1, -0.05) is 24.3 Å². The quantitative estimate of drug-likeness (QED) is 0.410. The van der Waals surface area contributed by atoms with Crippen molar-refractivity contribution in [3.05, 3.63) is 71.0 Å². The minimum Gasteiger partial charge on any atom is -0.497 e. The minimum absolute atomic E-state index is 0.226. The van der Waals surface area contributed by atoms with Gasteiger partial charge in [0.15, 0.2) is 5.65 Å². The lowest BCUT2D eigenvalue weighted by Gasteiger charge is -2.35. The maximum atomic E-state index is 13.0. The zero-order valence-corrected chi connectivity index (χ0v) is 20.8. The topological polar surface area (TPSA) is 63.0 Å². The lowest BCUT2D eigenvalue weighted by molar-refractivity contribution is -0.132. The molecular formula is C28H33N5O2. The Morgan fingerprint density at radius 3 is 2.46 bits per heavy atom. The summed E-state index contributed by atoms with van der Waals surface area (Å²) in [6.07, 6.45) is 2.20. The number of carbonyl (C=O) groups is 1. The summed E-state index contributed by atoms with van der Waals surface area (Å²) in [5.74, 6) is 1.12. The molecule has 0 spiro atoms. The number of rotatable bonds is 7. The van der Waals surface area contributed by atoms with Crippen LogP contribution in [0, 0.1) is 13.8 Å². The number of benzene rings is 2. The van der Waals surface area contributed by atoms with Crippen molar-refractivity contribution in [2.24, 2.45) is 0 Å². The third-order valence-corrected chi connectivity index (χ3v) is 7.21. The number of hydrogen-bond donors (Lipinski definition) is 0. The third kappa shape index (κ3) is 4.86. The summed E-state index contributed by atoms with van der Waals surface area (Å²) in [7, 11) is 1.69. The summed E-state index contributed by atoms with van der Waals surface area (Å²) in [6, 6.07) is 16.4. The molecule has 5 rings (SSSR count). The van der Waals surface area contributed by atoms with Crippen LogP contribution in [-0.4, -0.2) is 70.1 Å². The van der Waals surface area contributed by atoms with Crippen molar-refractivity contribution >= 4 is 22.5 Å². The number of nitrogens with zero attached hydrogens (tertiary/aromatic N) is 5. The first-order valence-corrected chi connectivity index (χ1v) is 12.4. The first kappa shape index (κ1) is 23.3. The molecule has 2 aromatic heterocycles. The van der Waals surface area contributed by atoms with Crippen molar-refractivity contribution in [1.82, 2.24) is 24.4 Å². The molecule has 1 amide bonds. The van der Waals surface area contributed by atoms with Gasteiger partial charge in [-0.2, -0.15) is 5.10 Å². The van der Waals surface area contributed by atoms with Gasteiger partial charge in [0.2, 0.25) is 5.91 Å². The van der Waals surface area contributed by atoms with E-state index in [-0.39, 0.29) is 5.91 Å². The molecule has 0 atom stereocenters. The number of fused-ring (bicyclic) bond motifs is 3. The van der Waals surface area contributed by atoms with Crippen molar-refractivity contribution in [3.63, 3.8) is 0 Å². The third-order valence-electron chi connectivity index (χ3n) is 7.21. The van der Waals surface area contributed by atoms with E-state index in [1.807, 2.05) is 46.7 Å². The number of carbonyl (C=O) groups excluding carboxylic acids is 1. The van der Waals surface area contributed by atoms with Gasteiger partial charge in [0.1, 0.15) is 5.75 Å². The zero-order chi connectivity index (χ0) is 24.4. The van der Waals surface area contributed by atoms with Gasteiger partial charge in [-0.05, 0) is 62.1 Å². The lowest BCUT2D eigenvalue weighted by atomic mass is 10.1. The number of aryl methyl sites for hydroxylation is 2. The largest absolute Gasteiger partial charge is 0.497 e. The SMILES string of the molecule is COc1ccc(CCN2CCN(C(=O)CCc3c(C)nc4c5ccccc5nn4c3C)CC2)cc1. The predicted molar refractivity (Wildman–Crippen MR) is 138 cm³/mol. The summed E-state index contributed by atoms with van der Waals surface area (Å²) >= 11 is 0. The Kier molecular flexibility index (Phi) is 6.68. The molecule has 182 valence electrons. The van der Waals surface area contributed by atoms with E-state index in [4.69, 9.17) is 14.8 Å². The fourth-order valence-electron chi connectivity index (χ4n) is 5.03. The highest BCUT2D eigenvalue weighted by atomic mass is 16.5. The molecule has 1 aliphatic rings. The van der Waals surface area contributed by atoms with Crippen LogP contribution in [0.1, 0.15) is 28.9 Å². The minimum atomic E-state index is 0.226. The fraction of sp³-hybridized carbons (Fsp3) is 0.393. The molecular weight excluding hydrogens is 438 g/mol. The molecule has 1 aliphatic heterocycles. The number of ether oxygens (including phenoxy) is 1. The Morgan fingerprint density at radius 2 is 1.71 bits per heavy atom. The second-order valence-electron chi connectivity index (χ2n) is 9.33. The van der Waals surface area contributed by atoms with Crippen LogP contribution in [0.25, 0.3) is 16.6 Å². The van der Waals surface area contributed by atoms with Crippen LogP contribution < -0.4 is 4.74 Å². The van der Waals surface area contributed by atoms with E-state index in [0.29, 0.717) is 12.8 Å². The highest BCUT2D eigenvalue weighted by Gasteiger charge is 2.22. The summed E-state index contributed by atoms with van der Waals surface area (Å²) in [4.78, 5) is 22.3. The van der Waals surface area contributed by atoms with E-state index in [2.05, 4.69) is 30.0 Å². The first-order valence-electron chi connectivity index (χ1n) is 12.4. The van der Waals surface area contributed by atoms with Crippen LogP contribution in [0.3, 0.4) is 0 Å². The maximum Gasteiger partial charge on any atom is 0.222 e. The summed E-state index contributed by atoms with van der Waals surface area (Å²) in [6.45, 7) is 8.56. The number of piperazine rings is 1. The maximum absolute atomic E-state index is 13.0. The standard InChI is InChI=1S/C28H33N5O2/c1-20-24(21(2)33-28(29-20)25-6-4-5-7-26(25)30-33)12-13-27(34)32-18-16-31(17-19-32)15-14-22-8-10-23(35-3)11-9-22/h4-11H,12-19H2,1-3H3. The van der Waals surface area contributed by atoms with E-state index < -0.39 is 0 Å². The van der Waals surface area contributed by atoms with Gasteiger partial charge in [-0.25, -0.2) is 9.50 Å². The summed E-state index contributed by atoms with van der Waals surface area (Å²) in [5.41, 5.74) is 6.32. The van der Waals surface area contributed by atoms with Crippen molar-refractivity contribution in [2.45, 2.75) is 33.1 Å². The first-order chi connectivity index (χ1) is 17.0. The molecule has 2 aromatic carbocycles. The van der Waals surface area contributed by atoms with Crippen LogP contribution >= 0.6 is 0 Å². The molecule has 7 nitrogen and oxygen atoms in total. The fourth-order valence-corrected chi connectivity index (χ4v) is 5.03. The zero-order valence-electron chi connectivity index (χ0n) is 20.8. The second kappa shape index (κ2) is 10.0. The molecule has 1 saturated heterocycles. The van der Waals surface area contributed by atoms with Crippen molar-refractivity contribution in [1.29, 1.82) is 0 Å². The average molecular weight is 472 g/mol. The van der Waals surface area contributed by atoms with Crippen LogP contribution in [0.15, 0.2) is 48.5 Å². The van der Waals surface area contributed by atoms with Gasteiger partial charge in [0, 0.05) is 55.9 Å². The summed E-state index contributed by atoms with van der Waals surface area (Å²) in [5, 5.41) is 5.80. The molecule has 0 N–H and O–H groups in total. The molecule has 0 saturated carbocycles. The molecule has 7 heteroatoms. The van der Waals surface area contributed by atoms with E-state index >= 15 is 0 Å². The van der Waals surface area contributed by atoms with Gasteiger partial charge in [-0.15, -0.1) is 0 Å². The van der Waals surface area contributed by atoms with Gasteiger partial charge in [0.05, 0.1) is 12.6 Å². The number of methoxy groups -OCH3 is 1. The van der Waals surface area contributed by atoms with Crippen LogP contribution in [0.5, 0.6) is 5.75 Å². The average Bonchev–Trinajstić information content (AvgIpc) is 3.26. The molecule has 0 bridgehead atoms. The van der Waals surface area contributed by atoms with Gasteiger partial charge in [-0.3, -0.25) is 9.69 Å². The van der Waals surface area contributed by atoms with E-state index in [9.17, 15) is 4.79 Å². The highest BCUT2D eigenvalue weighted by molar-refractivity contribution is 5.92. The molecule has 1 fully saturated rings. The van der Waals surface area contributed by atoms with Crippen LogP contribution in [0.4, 0.5) is 0 Å². The molecule has 35 heavy (non-hydrogen) atoms. The number of hydrogen-bond acceptors (Lipinski definition) is 5. The Hall–Kier alpha value is -3.45.